The zero-order chi connectivity index (χ0) is 18.6. The molecule has 5 nitrogen and oxygen atoms in total. The third-order valence-corrected chi connectivity index (χ3v) is 6.69. The molecule has 0 spiro atoms. The first-order chi connectivity index (χ1) is 13.2. The van der Waals surface area contributed by atoms with Crippen LogP contribution in [0.1, 0.15) is 34.6 Å². The van der Waals surface area contributed by atoms with E-state index in [4.69, 9.17) is 4.74 Å². The Morgan fingerprint density at radius 1 is 1.26 bits per heavy atom. The first-order valence-corrected chi connectivity index (χ1v) is 10.6. The van der Waals surface area contributed by atoms with Crippen LogP contribution in [0.2, 0.25) is 0 Å². The van der Waals surface area contributed by atoms with E-state index in [9.17, 15) is 4.79 Å². The first-order valence-electron chi connectivity index (χ1n) is 9.83. The molecule has 1 N–H and O–H groups in total. The van der Waals surface area contributed by atoms with Crippen LogP contribution < -0.4 is 5.32 Å². The molecule has 1 atom stereocenters. The highest BCUT2D eigenvalue weighted by molar-refractivity contribution is 7.17. The molecule has 1 aromatic heterocycles. The summed E-state index contributed by atoms with van der Waals surface area (Å²) in [4.78, 5) is 20.6. The Morgan fingerprint density at radius 2 is 2.04 bits per heavy atom. The molecule has 1 amide bonds. The van der Waals surface area contributed by atoms with E-state index in [-0.39, 0.29) is 11.9 Å². The third kappa shape index (κ3) is 4.57. The van der Waals surface area contributed by atoms with Gasteiger partial charge in [0.05, 0.1) is 12.3 Å². The lowest BCUT2D eigenvalue weighted by Gasteiger charge is -2.33. The monoisotopic (exact) mass is 385 g/mol. The summed E-state index contributed by atoms with van der Waals surface area (Å²) in [6.07, 6.45) is 3.22. The Bertz CT molecular complexity index is 763. The number of hydrogen-bond donors (Lipinski definition) is 1. The number of nitrogens with zero attached hydrogens (tertiary/aromatic N) is 2. The van der Waals surface area contributed by atoms with Gasteiger partial charge in [-0.3, -0.25) is 4.79 Å². The smallest absolute Gasteiger partial charge is 0.263 e. The topological polar surface area (TPSA) is 54.5 Å². The van der Waals surface area contributed by atoms with E-state index in [1.807, 2.05) is 37.3 Å². The second-order valence-corrected chi connectivity index (χ2v) is 8.58. The number of rotatable bonds is 5. The van der Waals surface area contributed by atoms with Gasteiger partial charge in [0.25, 0.3) is 5.91 Å². The summed E-state index contributed by atoms with van der Waals surface area (Å²) >= 11 is 1.48. The summed E-state index contributed by atoms with van der Waals surface area (Å²) < 4.78 is 5.48. The molecule has 2 fully saturated rings. The van der Waals surface area contributed by atoms with E-state index in [0.717, 1.165) is 66.8 Å². The van der Waals surface area contributed by atoms with Gasteiger partial charge in [-0.2, -0.15) is 0 Å². The molecule has 1 unspecified atom stereocenters. The molecule has 2 aliphatic rings. The average Bonchev–Trinajstić information content (AvgIpc) is 3.34. The minimum absolute atomic E-state index is 0.0230. The van der Waals surface area contributed by atoms with Crippen molar-refractivity contribution in [1.29, 1.82) is 0 Å². The van der Waals surface area contributed by atoms with Crippen molar-refractivity contribution in [2.24, 2.45) is 5.92 Å². The van der Waals surface area contributed by atoms with Gasteiger partial charge in [0, 0.05) is 37.8 Å². The fourth-order valence-electron chi connectivity index (χ4n) is 3.91. The van der Waals surface area contributed by atoms with Gasteiger partial charge in [-0.05, 0) is 32.1 Å². The first kappa shape index (κ1) is 18.6. The summed E-state index contributed by atoms with van der Waals surface area (Å²) in [6, 6.07) is 10.3. The number of amides is 1. The van der Waals surface area contributed by atoms with Gasteiger partial charge in [-0.1, -0.05) is 30.3 Å². The molecular weight excluding hydrogens is 358 g/mol. The van der Waals surface area contributed by atoms with E-state index in [1.165, 1.54) is 17.8 Å². The van der Waals surface area contributed by atoms with Crippen molar-refractivity contribution in [3.63, 3.8) is 0 Å². The zero-order valence-electron chi connectivity index (χ0n) is 15.8. The number of benzene rings is 1. The number of carbonyl (C=O) groups excluding carboxylic acids is 1. The molecule has 1 aromatic carbocycles. The van der Waals surface area contributed by atoms with E-state index in [2.05, 4.69) is 15.2 Å². The van der Waals surface area contributed by atoms with Crippen LogP contribution in [0, 0.1) is 12.8 Å². The summed E-state index contributed by atoms with van der Waals surface area (Å²) in [6.45, 7) is 6.98. The molecule has 2 aliphatic heterocycles. The standard InChI is InChI=1S/C21H27N3O2S/c1-15-19(27-21(22-15)17-5-3-2-4-6-17)20(25)23-18-7-10-24(11-8-18)13-16-9-12-26-14-16/h2-6,16,18H,7-14H2,1H3,(H,23,25). The molecule has 27 heavy (non-hydrogen) atoms. The second-order valence-electron chi connectivity index (χ2n) is 7.58. The number of likely N-dealkylation sites (tertiary alicyclic amines) is 1. The average molecular weight is 386 g/mol. The highest BCUT2D eigenvalue weighted by Crippen LogP contribution is 2.28. The number of aryl methyl sites for hydroxylation is 1. The molecule has 0 saturated carbocycles. The van der Waals surface area contributed by atoms with Crippen LogP contribution in [0.25, 0.3) is 10.6 Å². The minimum atomic E-state index is 0.0230. The lowest BCUT2D eigenvalue weighted by Crippen LogP contribution is -2.45. The molecule has 0 radical (unpaired) electrons. The summed E-state index contributed by atoms with van der Waals surface area (Å²) in [5.74, 6) is 0.710. The maximum atomic E-state index is 12.8. The number of nitrogens with one attached hydrogen (secondary N) is 1. The summed E-state index contributed by atoms with van der Waals surface area (Å²) in [5.41, 5.74) is 1.88. The quantitative estimate of drug-likeness (QED) is 0.858. The molecule has 6 heteroatoms. The van der Waals surface area contributed by atoms with Gasteiger partial charge in [0.1, 0.15) is 9.88 Å². The molecule has 2 saturated heterocycles. The van der Waals surface area contributed by atoms with Gasteiger partial charge in [-0.25, -0.2) is 4.98 Å². The van der Waals surface area contributed by atoms with Crippen LogP contribution in [-0.2, 0) is 4.74 Å². The van der Waals surface area contributed by atoms with Gasteiger partial charge < -0.3 is 15.0 Å². The van der Waals surface area contributed by atoms with Crippen molar-refractivity contribution < 1.29 is 9.53 Å². The molecule has 0 bridgehead atoms. The Morgan fingerprint density at radius 3 is 2.74 bits per heavy atom. The Hall–Kier alpha value is -1.76. The number of carbonyl (C=O) groups is 1. The SMILES string of the molecule is Cc1nc(-c2ccccc2)sc1C(=O)NC1CCN(CC2CCOC2)CC1. The van der Waals surface area contributed by atoms with Crippen molar-refractivity contribution in [1.82, 2.24) is 15.2 Å². The molecule has 144 valence electrons. The van der Waals surface area contributed by atoms with Crippen molar-refractivity contribution in [3.05, 3.63) is 40.9 Å². The second kappa shape index (κ2) is 8.50. The molecular formula is C21H27N3O2S. The van der Waals surface area contributed by atoms with Crippen LogP contribution in [0.4, 0.5) is 0 Å². The third-order valence-electron chi connectivity index (χ3n) is 5.49. The van der Waals surface area contributed by atoms with Crippen molar-refractivity contribution in [3.8, 4) is 10.6 Å². The Labute approximate surface area is 164 Å². The van der Waals surface area contributed by atoms with Crippen LogP contribution in [0.15, 0.2) is 30.3 Å². The van der Waals surface area contributed by atoms with Gasteiger partial charge >= 0.3 is 0 Å². The van der Waals surface area contributed by atoms with Crippen LogP contribution >= 0.6 is 11.3 Å². The Balaban J connectivity index is 1.31. The number of thiazole rings is 1. The number of piperidine rings is 1. The van der Waals surface area contributed by atoms with E-state index in [1.54, 1.807) is 0 Å². The lowest BCUT2D eigenvalue weighted by molar-refractivity contribution is 0.0906. The van der Waals surface area contributed by atoms with E-state index >= 15 is 0 Å². The fraction of sp³-hybridized carbons (Fsp3) is 0.524. The van der Waals surface area contributed by atoms with Gasteiger partial charge in [0.15, 0.2) is 0 Å². The molecule has 4 rings (SSSR count). The molecule has 0 aliphatic carbocycles. The van der Waals surface area contributed by atoms with Gasteiger partial charge in [0.2, 0.25) is 0 Å². The molecule has 3 heterocycles. The Kier molecular flexibility index (Phi) is 5.86. The van der Waals surface area contributed by atoms with E-state index < -0.39 is 0 Å². The normalized spacial score (nSPS) is 21.4. The van der Waals surface area contributed by atoms with Crippen molar-refractivity contribution in [2.75, 3.05) is 32.8 Å². The fourth-order valence-corrected chi connectivity index (χ4v) is 4.89. The highest BCUT2D eigenvalue weighted by atomic mass is 32.1. The minimum Gasteiger partial charge on any atom is -0.381 e. The highest BCUT2D eigenvalue weighted by Gasteiger charge is 2.26. The summed E-state index contributed by atoms with van der Waals surface area (Å²) in [7, 11) is 0. The summed E-state index contributed by atoms with van der Waals surface area (Å²) in [5, 5.41) is 4.14. The van der Waals surface area contributed by atoms with Crippen LogP contribution in [0.3, 0.4) is 0 Å². The van der Waals surface area contributed by atoms with Crippen molar-refractivity contribution >= 4 is 17.2 Å². The largest absolute Gasteiger partial charge is 0.381 e. The van der Waals surface area contributed by atoms with Gasteiger partial charge in [-0.15, -0.1) is 11.3 Å². The van der Waals surface area contributed by atoms with E-state index in [0.29, 0.717) is 5.92 Å². The predicted molar refractivity (Wildman–Crippen MR) is 108 cm³/mol. The van der Waals surface area contributed by atoms with Crippen LogP contribution in [0.5, 0.6) is 0 Å². The maximum Gasteiger partial charge on any atom is 0.263 e. The predicted octanol–water partition coefficient (Wildman–Crippen LogP) is 3.35. The number of hydrogen-bond acceptors (Lipinski definition) is 5. The zero-order valence-corrected chi connectivity index (χ0v) is 16.6. The lowest BCUT2D eigenvalue weighted by atomic mass is 10.0. The maximum absolute atomic E-state index is 12.8. The number of ether oxygens (including phenoxy) is 1. The number of aromatic nitrogens is 1. The molecule has 2 aromatic rings. The van der Waals surface area contributed by atoms with Crippen LogP contribution in [-0.4, -0.2) is 54.7 Å². The van der Waals surface area contributed by atoms with Crippen molar-refractivity contribution in [2.45, 2.75) is 32.2 Å².